The molecule has 0 radical (unpaired) electrons. The number of hydrogen-bond donors (Lipinski definition) is 1. The topological polar surface area (TPSA) is 45.2 Å². The van der Waals surface area contributed by atoms with Gasteiger partial charge in [-0.3, -0.25) is 9.78 Å². The largest absolute Gasteiger partial charge is 0.385 e. The number of anilines is 1. The van der Waals surface area contributed by atoms with Crippen LogP contribution in [0.15, 0.2) is 18.5 Å². The van der Waals surface area contributed by atoms with Crippen molar-refractivity contribution in [2.75, 3.05) is 18.4 Å². The SMILES string of the molecule is CCNc1ccncc1C(=O)N(CC)C(C)CC. The van der Waals surface area contributed by atoms with Gasteiger partial charge in [0.2, 0.25) is 0 Å². The number of hydrogen-bond acceptors (Lipinski definition) is 3. The van der Waals surface area contributed by atoms with Gasteiger partial charge in [-0.2, -0.15) is 0 Å². The third kappa shape index (κ3) is 3.22. The Morgan fingerprint density at radius 1 is 1.44 bits per heavy atom. The molecule has 1 atom stereocenters. The molecule has 0 spiro atoms. The second-order valence-corrected chi connectivity index (χ2v) is 4.30. The van der Waals surface area contributed by atoms with E-state index in [4.69, 9.17) is 0 Å². The molecule has 1 heterocycles. The lowest BCUT2D eigenvalue weighted by atomic mass is 10.1. The lowest BCUT2D eigenvalue weighted by molar-refractivity contribution is 0.0700. The molecule has 4 heteroatoms. The zero-order valence-electron chi connectivity index (χ0n) is 11.7. The van der Waals surface area contributed by atoms with Gasteiger partial charge >= 0.3 is 0 Å². The minimum atomic E-state index is 0.0518. The van der Waals surface area contributed by atoms with Gasteiger partial charge in [0.05, 0.1) is 11.3 Å². The van der Waals surface area contributed by atoms with Crippen LogP contribution in [0.25, 0.3) is 0 Å². The van der Waals surface area contributed by atoms with Gasteiger partial charge in [-0.15, -0.1) is 0 Å². The highest BCUT2D eigenvalue weighted by atomic mass is 16.2. The fourth-order valence-electron chi connectivity index (χ4n) is 1.94. The van der Waals surface area contributed by atoms with Crippen LogP contribution in [-0.4, -0.2) is 34.9 Å². The van der Waals surface area contributed by atoms with Crippen molar-refractivity contribution in [3.63, 3.8) is 0 Å². The number of amides is 1. The summed E-state index contributed by atoms with van der Waals surface area (Å²) in [4.78, 5) is 18.5. The van der Waals surface area contributed by atoms with E-state index < -0.39 is 0 Å². The molecular weight excluding hydrogens is 226 g/mol. The van der Waals surface area contributed by atoms with Gasteiger partial charge in [0.25, 0.3) is 5.91 Å². The van der Waals surface area contributed by atoms with E-state index in [1.54, 1.807) is 12.4 Å². The zero-order chi connectivity index (χ0) is 13.5. The quantitative estimate of drug-likeness (QED) is 0.843. The van der Waals surface area contributed by atoms with Gasteiger partial charge in [0.1, 0.15) is 0 Å². The molecule has 1 rings (SSSR count). The van der Waals surface area contributed by atoms with E-state index in [1.165, 1.54) is 0 Å². The summed E-state index contributed by atoms with van der Waals surface area (Å²) in [5.41, 5.74) is 1.51. The molecule has 1 aromatic heterocycles. The fourth-order valence-corrected chi connectivity index (χ4v) is 1.94. The summed E-state index contributed by atoms with van der Waals surface area (Å²) in [6.45, 7) is 9.70. The predicted molar refractivity (Wildman–Crippen MR) is 74.9 cm³/mol. The van der Waals surface area contributed by atoms with Gasteiger partial charge in [-0.1, -0.05) is 6.92 Å². The van der Waals surface area contributed by atoms with Crippen molar-refractivity contribution in [1.82, 2.24) is 9.88 Å². The lowest BCUT2D eigenvalue weighted by Crippen LogP contribution is -2.38. The van der Waals surface area contributed by atoms with Crippen LogP contribution in [-0.2, 0) is 0 Å². The standard InChI is InChI=1S/C14H23N3O/c1-5-11(4)17(7-3)14(18)12-10-15-9-8-13(12)16-6-2/h8-11H,5-7H2,1-4H3,(H,15,16). The molecule has 0 saturated carbocycles. The lowest BCUT2D eigenvalue weighted by Gasteiger charge is -2.28. The summed E-state index contributed by atoms with van der Waals surface area (Å²) in [7, 11) is 0. The Labute approximate surface area is 109 Å². The number of pyridine rings is 1. The van der Waals surface area contributed by atoms with E-state index >= 15 is 0 Å². The number of aromatic nitrogens is 1. The average Bonchev–Trinajstić information content (AvgIpc) is 2.40. The molecule has 0 saturated heterocycles. The van der Waals surface area contributed by atoms with Crippen molar-refractivity contribution in [1.29, 1.82) is 0 Å². The summed E-state index contributed by atoms with van der Waals surface area (Å²) in [5, 5.41) is 3.21. The molecule has 1 amide bonds. The van der Waals surface area contributed by atoms with Crippen molar-refractivity contribution < 1.29 is 4.79 Å². The highest BCUT2D eigenvalue weighted by Crippen LogP contribution is 2.17. The molecule has 1 N–H and O–H groups in total. The molecule has 1 unspecified atom stereocenters. The van der Waals surface area contributed by atoms with E-state index in [1.807, 2.05) is 24.8 Å². The maximum absolute atomic E-state index is 12.5. The summed E-state index contributed by atoms with van der Waals surface area (Å²) in [6, 6.07) is 2.10. The van der Waals surface area contributed by atoms with Crippen molar-refractivity contribution in [3.05, 3.63) is 24.0 Å². The number of carbonyl (C=O) groups excluding carboxylic acids is 1. The summed E-state index contributed by atoms with van der Waals surface area (Å²) < 4.78 is 0. The third-order valence-electron chi connectivity index (χ3n) is 3.14. The Kier molecular flexibility index (Phi) is 5.62. The maximum atomic E-state index is 12.5. The highest BCUT2D eigenvalue weighted by molar-refractivity contribution is 5.99. The Hall–Kier alpha value is -1.58. The summed E-state index contributed by atoms with van der Waals surface area (Å²) in [5.74, 6) is 0.0518. The van der Waals surface area contributed by atoms with Crippen LogP contribution in [0, 0.1) is 0 Å². The predicted octanol–water partition coefficient (Wildman–Crippen LogP) is 2.77. The van der Waals surface area contributed by atoms with Crippen LogP contribution in [0.2, 0.25) is 0 Å². The molecule has 18 heavy (non-hydrogen) atoms. The number of carbonyl (C=O) groups is 1. The number of nitrogens with zero attached hydrogens (tertiary/aromatic N) is 2. The number of rotatable bonds is 6. The first-order valence-electron chi connectivity index (χ1n) is 6.64. The molecule has 1 aromatic rings. The normalized spacial score (nSPS) is 12.0. The van der Waals surface area contributed by atoms with Gasteiger partial charge in [-0.25, -0.2) is 0 Å². The summed E-state index contributed by atoms with van der Waals surface area (Å²) >= 11 is 0. The Balaban J connectivity index is 3.01. The van der Waals surface area contributed by atoms with E-state index in [9.17, 15) is 4.79 Å². The fraction of sp³-hybridized carbons (Fsp3) is 0.571. The average molecular weight is 249 g/mol. The van der Waals surface area contributed by atoms with Gasteiger partial charge < -0.3 is 10.2 Å². The molecule has 0 aromatic carbocycles. The molecule has 0 fully saturated rings. The first-order valence-corrected chi connectivity index (χ1v) is 6.64. The Morgan fingerprint density at radius 3 is 2.72 bits per heavy atom. The van der Waals surface area contributed by atoms with Gasteiger partial charge in [0, 0.05) is 31.5 Å². The molecule has 0 aliphatic carbocycles. The van der Waals surface area contributed by atoms with Gasteiger partial charge in [-0.05, 0) is 33.3 Å². The number of nitrogens with one attached hydrogen (secondary N) is 1. The molecular formula is C14H23N3O. The van der Waals surface area contributed by atoms with Crippen LogP contribution >= 0.6 is 0 Å². The third-order valence-corrected chi connectivity index (χ3v) is 3.14. The smallest absolute Gasteiger partial charge is 0.257 e. The molecule has 0 bridgehead atoms. The second kappa shape index (κ2) is 6.99. The molecule has 4 nitrogen and oxygen atoms in total. The van der Waals surface area contributed by atoms with Crippen LogP contribution < -0.4 is 5.32 Å². The van der Waals surface area contributed by atoms with Crippen molar-refractivity contribution in [2.24, 2.45) is 0 Å². The van der Waals surface area contributed by atoms with Crippen LogP contribution in [0.4, 0.5) is 5.69 Å². The highest BCUT2D eigenvalue weighted by Gasteiger charge is 2.21. The van der Waals surface area contributed by atoms with Crippen LogP contribution in [0.3, 0.4) is 0 Å². The molecule has 0 aliphatic rings. The molecule has 0 aliphatic heterocycles. The Bertz CT molecular complexity index is 392. The van der Waals surface area contributed by atoms with Crippen LogP contribution in [0.5, 0.6) is 0 Å². The monoisotopic (exact) mass is 249 g/mol. The summed E-state index contributed by atoms with van der Waals surface area (Å²) in [6.07, 6.45) is 4.30. The minimum Gasteiger partial charge on any atom is -0.385 e. The van der Waals surface area contributed by atoms with E-state index in [0.717, 1.165) is 18.7 Å². The minimum absolute atomic E-state index is 0.0518. The van der Waals surface area contributed by atoms with E-state index in [0.29, 0.717) is 12.1 Å². The first-order chi connectivity index (χ1) is 8.65. The zero-order valence-corrected chi connectivity index (χ0v) is 11.7. The first kappa shape index (κ1) is 14.5. The second-order valence-electron chi connectivity index (χ2n) is 4.30. The molecule has 100 valence electrons. The van der Waals surface area contributed by atoms with Crippen LogP contribution in [0.1, 0.15) is 44.5 Å². The maximum Gasteiger partial charge on any atom is 0.257 e. The van der Waals surface area contributed by atoms with Crippen molar-refractivity contribution in [2.45, 2.75) is 40.2 Å². The van der Waals surface area contributed by atoms with E-state index in [-0.39, 0.29) is 11.9 Å². The Morgan fingerprint density at radius 2 is 2.17 bits per heavy atom. The van der Waals surface area contributed by atoms with Gasteiger partial charge in [0.15, 0.2) is 0 Å². The van der Waals surface area contributed by atoms with Crippen molar-refractivity contribution in [3.8, 4) is 0 Å². The van der Waals surface area contributed by atoms with E-state index in [2.05, 4.69) is 24.1 Å². The van der Waals surface area contributed by atoms with Crippen molar-refractivity contribution >= 4 is 11.6 Å².